The van der Waals surface area contributed by atoms with E-state index >= 15 is 0 Å². The van der Waals surface area contributed by atoms with Crippen LogP contribution in [-0.4, -0.2) is 38.2 Å². The molecule has 5 heteroatoms. The van der Waals surface area contributed by atoms with Gasteiger partial charge in [-0.3, -0.25) is 4.79 Å². The number of nitrogens with zero attached hydrogens (tertiary/aromatic N) is 1. The van der Waals surface area contributed by atoms with E-state index in [0.717, 1.165) is 30.7 Å². The van der Waals surface area contributed by atoms with Crippen LogP contribution in [0, 0.1) is 0 Å². The first-order valence-corrected chi connectivity index (χ1v) is 8.92. The topological polar surface area (TPSA) is 48.0 Å². The van der Waals surface area contributed by atoms with Crippen LogP contribution >= 0.6 is 0 Å². The molecule has 2 aromatic carbocycles. The van der Waals surface area contributed by atoms with Gasteiger partial charge in [-0.1, -0.05) is 24.3 Å². The first kappa shape index (κ1) is 18.1. The van der Waals surface area contributed by atoms with Crippen molar-refractivity contribution < 1.29 is 19.0 Å². The zero-order chi connectivity index (χ0) is 18.4. The van der Waals surface area contributed by atoms with Gasteiger partial charge in [0.1, 0.15) is 5.75 Å². The largest absolute Gasteiger partial charge is 0.497 e. The molecule has 0 saturated carbocycles. The van der Waals surface area contributed by atoms with Gasteiger partial charge >= 0.3 is 0 Å². The fourth-order valence-corrected chi connectivity index (χ4v) is 3.37. The van der Waals surface area contributed by atoms with Crippen LogP contribution in [0.15, 0.2) is 48.5 Å². The second kappa shape index (κ2) is 8.61. The van der Waals surface area contributed by atoms with E-state index in [0.29, 0.717) is 24.5 Å². The van der Waals surface area contributed by atoms with Gasteiger partial charge in [0.2, 0.25) is 5.91 Å². The highest BCUT2D eigenvalue weighted by atomic mass is 16.5. The summed E-state index contributed by atoms with van der Waals surface area (Å²) in [5.74, 6) is 2.29. The Morgan fingerprint density at radius 2 is 1.77 bits per heavy atom. The number of benzene rings is 2. The molecular formula is C21H25NO4. The number of likely N-dealkylation sites (tertiary alicyclic amines) is 1. The summed E-state index contributed by atoms with van der Waals surface area (Å²) in [5, 5.41) is 0. The molecule has 1 aliphatic heterocycles. The van der Waals surface area contributed by atoms with Crippen LogP contribution in [0.4, 0.5) is 0 Å². The second-order valence-electron chi connectivity index (χ2n) is 6.27. The van der Waals surface area contributed by atoms with Crippen LogP contribution in [0.2, 0.25) is 0 Å². The third-order valence-corrected chi connectivity index (χ3v) is 4.72. The maximum Gasteiger partial charge on any atom is 0.226 e. The molecule has 1 amide bonds. The zero-order valence-electron chi connectivity index (χ0n) is 15.3. The smallest absolute Gasteiger partial charge is 0.226 e. The Balaban J connectivity index is 1.58. The summed E-state index contributed by atoms with van der Waals surface area (Å²) in [5.41, 5.74) is 1.15. The maximum atomic E-state index is 12.7. The minimum atomic E-state index is 0.123. The van der Waals surface area contributed by atoms with Crippen LogP contribution in [0.1, 0.15) is 30.9 Å². The standard InChI is InChI=1S/C21H25NO4/c1-24-17-11-9-16(10-12-17)18-6-5-14-22(18)21(23)13-15-26-20-8-4-3-7-19(20)25-2/h3-4,7-12,18H,5-6,13-15H2,1-2H3/t18-/m1/s1. The Labute approximate surface area is 154 Å². The van der Waals surface area contributed by atoms with E-state index in [1.807, 2.05) is 53.4 Å². The molecule has 0 N–H and O–H groups in total. The van der Waals surface area contributed by atoms with Crippen molar-refractivity contribution in [1.29, 1.82) is 0 Å². The lowest BCUT2D eigenvalue weighted by atomic mass is 10.0. The molecule has 3 rings (SSSR count). The van der Waals surface area contributed by atoms with Gasteiger partial charge < -0.3 is 19.1 Å². The minimum Gasteiger partial charge on any atom is -0.497 e. The molecule has 138 valence electrons. The van der Waals surface area contributed by atoms with E-state index in [-0.39, 0.29) is 11.9 Å². The minimum absolute atomic E-state index is 0.123. The quantitative estimate of drug-likeness (QED) is 0.757. The number of amides is 1. The fraction of sp³-hybridized carbons (Fsp3) is 0.381. The van der Waals surface area contributed by atoms with E-state index in [9.17, 15) is 4.79 Å². The number of rotatable bonds is 7. The molecule has 0 aromatic heterocycles. The highest BCUT2D eigenvalue weighted by Crippen LogP contribution is 2.33. The Morgan fingerprint density at radius 1 is 1.04 bits per heavy atom. The fourth-order valence-electron chi connectivity index (χ4n) is 3.37. The molecule has 1 heterocycles. The molecule has 2 aromatic rings. The number of methoxy groups -OCH3 is 2. The molecule has 0 unspecified atom stereocenters. The van der Waals surface area contributed by atoms with Gasteiger partial charge in [0.05, 0.1) is 33.3 Å². The second-order valence-corrected chi connectivity index (χ2v) is 6.27. The zero-order valence-corrected chi connectivity index (χ0v) is 15.3. The highest BCUT2D eigenvalue weighted by molar-refractivity contribution is 5.77. The molecule has 1 atom stereocenters. The molecular weight excluding hydrogens is 330 g/mol. The van der Waals surface area contributed by atoms with Crippen LogP contribution in [-0.2, 0) is 4.79 Å². The third-order valence-electron chi connectivity index (χ3n) is 4.72. The summed E-state index contributed by atoms with van der Waals surface area (Å²) in [7, 11) is 3.26. The number of carbonyl (C=O) groups is 1. The average Bonchev–Trinajstić information content (AvgIpc) is 3.18. The molecule has 26 heavy (non-hydrogen) atoms. The normalized spacial score (nSPS) is 16.4. The van der Waals surface area contributed by atoms with Crippen molar-refractivity contribution in [3.05, 3.63) is 54.1 Å². The number of ether oxygens (including phenoxy) is 3. The van der Waals surface area contributed by atoms with Crippen LogP contribution < -0.4 is 14.2 Å². The van der Waals surface area contributed by atoms with Crippen LogP contribution in [0.5, 0.6) is 17.2 Å². The van der Waals surface area contributed by atoms with Gasteiger partial charge in [0.25, 0.3) is 0 Å². The molecule has 1 fully saturated rings. The summed E-state index contributed by atoms with van der Waals surface area (Å²) in [4.78, 5) is 14.7. The van der Waals surface area contributed by atoms with Crippen molar-refractivity contribution in [2.24, 2.45) is 0 Å². The Kier molecular flexibility index (Phi) is 6.00. The molecule has 0 radical (unpaired) electrons. The van der Waals surface area contributed by atoms with E-state index in [4.69, 9.17) is 14.2 Å². The van der Waals surface area contributed by atoms with Crippen molar-refractivity contribution in [2.75, 3.05) is 27.4 Å². The van der Waals surface area contributed by atoms with Crippen molar-refractivity contribution in [2.45, 2.75) is 25.3 Å². The SMILES string of the molecule is COc1ccc([C@H]2CCCN2C(=O)CCOc2ccccc2OC)cc1. The molecule has 0 spiro atoms. The van der Waals surface area contributed by atoms with E-state index in [1.165, 1.54) is 0 Å². The average molecular weight is 355 g/mol. The molecule has 0 aliphatic carbocycles. The summed E-state index contributed by atoms with van der Waals surface area (Å²) >= 11 is 0. The van der Waals surface area contributed by atoms with Gasteiger partial charge in [-0.25, -0.2) is 0 Å². The Morgan fingerprint density at radius 3 is 2.46 bits per heavy atom. The first-order chi connectivity index (χ1) is 12.7. The van der Waals surface area contributed by atoms with Gasteiger partial charge in [-0.15, -0.1) is 0 Å². The van der Waals surface area contributed by atoms with E-state index in [1.54, 1.807) is 14.2 Å². The van der Waals surface area contributed by atoms with Crippen molar-refractivity contribution in [3.63, 3.8) is 0 Å². The van der Waals surface area contributed by atoms with Crippen molar-refractivity contribution >= 4 is 5.91 Å². The first-order valence-electron chi connectivity index (χ1n) is 8.92. The van der Waals surface area contributed by atoms with Gasteiger partial charge in [-0.2, -0.15) is 0 Å². The number of hydrogen-bond donors (Lipinski definition) is 0. The lowest BCUT2D eigenvalue weighted by molar-refractivity contribution is -0.132. The Bertz CT molecular complexity index is 729. The van der Waals surface area contributed by atoms with Crippen LogP contribution in [0.3, 0.4) is 0 Å². The Hall–Kier alpha value is -2.69. The lowest BCUT2D eigenvalue weighted by Crippen LogP contribution is -2.31. The van der Waals surface area contributed by atoms with E-state index < -0.39 is 0 Å². The lowest BCUT2D eigenvalue weighted by Gasteiger charge is -2.25. The number of hydrogen-bond acceptors (Lipinski definition) is 4. The molecule has 5 nitrogen and oxygen atoms in total. The summed E-state index contributed by atoms with van der Waals surface area (Å²) < 4.78 is 16.2. The van der Waals surface area contributed by atoms with Gasteiger partial charge in [-0.05, 0) is 42.7 Å². The van der Waals surface area contributed by atoms with Crippen molar-refractivity contribution in [1.82, 2.24) is 4.90 Å². The van der Waals surface area contributed by atoms with E-state index in [2.05, 4.69) is 0 Å². The third kappa shape index (κ3) is 4.10. The highest BCUT2D eigenvalue weighted by Gasteiger charge is 2.29. The summed E-state index contributed by atoms with van der Waals surface area (Å²) in [6.45, 7) is 1.13. The van der Waals surface area contributed by atoms with Crippen LogP contribution in [0.25, 0.3) is 0 Å². The van der Waals surface area contributed by atoms with Gasteiger partial charge in [0, 0.05) is 6.54 Å². The number of para-hydroxylation sites is 2. The predicted molar refractivity (Wildman–Crippen MR) is 99.8 cm³/mol. The predicted octanol–water partition coefficient (Wildman–Crippen LogP) is 3.84. The molecule has 1 saturated heterocycles. The van der Waals surface area contributed by atoms with Gasteiger partial charge in [0.15, 0.2) is 11.5 Å². The monoisotopic (exact) mass is 355 g/mol. The molecule has 0 bridgehead atoms. The molecule has 1 aliphatic rings. The van der Waals surface area contributed by atoms with Crippen molar-refractivity contribution in [3.8, 4) is 17.2 Å². The maximum absolute atomic E-state index is 12.7. The number of carbonyl (C=O) groups excluding carboxylic acids is 1. The summed E-state index contributed by atoms with van der Waals surface area (Å²) in [6, 6.07) is 15.6. The summed E-state index contributed by atoms with van der Waals surface area (Å²) in [6.07, 6.45) is 2.37.